The van der Waals surface area contributed by atoms with Crippen molar-refractivity contribution in [1.82, 2.24) is 4.90 Å². The van der Waals surface area contributed by atoms with E-state index in [1.165, 1.54) is 6.92 Å². The molecule has 128 valence electrons. The summed E-state index contributed by atoms with van der Waals surface area (Å²) in [6.07, 6.45) is -4.08. The quantitative estimate of drug-likeness (QED) is 0.805. The predicted octanol–water partition coefficient (Wildman–Crippen LogP) is 2.27. The average molecular weight is 331 g/mol. The third-order valence-corrected chi connectivity index (χ3v) is 3.10. The monoisotopic (exact) mass is 331 g/mol. The van der Waals surface area contributed by atoms with E-state index >= 15 is 0 Å². The SMILES string of the molecule is CCN(Cc1cccc(NC(=O)CCCN)c1)C(=O)C(F)(F)F. The lowest BCUT2D eigenvalue weighted by atomic mass is 10.1. The summed E-state index contributed by atoms with van der Waals surface area (Å²) >= 11 is 0. The van der Waals surface area contributed by atoms with Crippen molar-refractivity contribution in [2.24, 2.45) is 5.73 Å². The summed E-state index contributed by atoms with van der Waals surface area (Å²) in [5.74, 6) is -2.09. The molecule has 8 heteroatoms. The molecule has 1 aromatic carbocycles. The van der Waals surface area contributed by atoms with Gasteiger partial charge in [0.15, 0.2) is 0 Å². The zero-order valence-electron chi connectivity index (χ0n) is 12.8. The highest BCUT2D eigenvalue weighted by Crippen LogP contribution is 2.20. The molecule has 5 nitrogen and oxygen atoms in total. The van der Waals surface area contributed by atoms with Gasteiger partial charge in [0, 0.05) is 25.2 Å². The van der Waals surface area contributed by atoms with Gasteiger partial charge in [-0.25, -0.2) is 0 Å². The second kappa shape index (κ2) is 8.52. The van der Waals surface area contributed by atoms with Crippen molar-refractivity contribution < 1.29 is 22.8 Å². The van der Waals surface area contributed by atoms with Crippen molar-refractivity contribution in [1.29, 1.82) is 0 Å². The van der Waals surface area contributed by atoms with Crippen LogP contribution in [0.5, 0.6) is 0 Å². The number of rotatable bonds is 7. The van der Waals surface area contributed by atoms with Crippen molar-refractivity contribution in [3.63, 3.8) is 0 Å². The van der Waals surface area contributed by atoms with Gasteiger partial charge in [-0.3, -0.25) is 9.59 Å². The van der Waals surface area contributed by atoms with Gasteiger partial charge in [-0.05, 0) is 37.6 Å². The molecule has 0 radical (unpaired) electrons. The van der Waals surface area contributed by atoms with Crippen molar-refractivity contribution in [2.45, 2.75) is 32.5 Å². The first-order valence-corrected chi connectivity index (χ1v) is 7.23. The van der Waals surface area contributed by atoms with E-state index in [-0.39, 0.29) is 25.4 Å². The van der Waals surface area contributed by atoms with Crippen LogP contribution in [0.4, 0.5) is 18.9 Å². The van der Waals surface area contributed by atoms with Crippen LogP contribution in [0.3, 0.4) is 0 Å². The molecule has 0 spiro atoms. The van der Waals surface area contributed by atoms with E-state index in [4.69, 9.17) is 5.73 Å². The average Bonchev–Trinajstić information content (AvgIpc) is 2.49. The fourth-order valence-corrected chi connectivity index (χ4v) is 1.96. The minimum absolute atomic E-state index is 0.0641. The van der Waals surface area contributed by atoms with Crippen molar-refractivity contribution >= 4 is 17.5 Å². The molecule has 3 N–H and O–H groups in total. The Morgan fingerprint density at radius 1 is 1.30 bits per heavy atom. The maximum atomic E-state index is 12.5. The minimum atomic E-state index is -4.90. The van der Waals surface area contributed by atoms with Crippen LogP contribution in [0.15, 0.2) is 24.3 Å². The number of nitrogens with zero attached hydrogens (tertiary/aromatic N) is 1. The second-order valence-electron chi connectivity index (χ2n) is 4.96. The number of nitrogens with one attached hydrogen (secondary N) is 1. The molecule has 0 aliphatic heterocycles. The molecule has 23 heavy (non-hydrogen) atoms. The highest BCUT2D eigenvalue weighted by Gasteiger charge is 2.41. The fraction of sp³-hybridized carbons (Fsp3) is 0.467. The number of halogens is 3. The van der Waals surface area contributed by atoms with Gasteiger partial charge < -0.3 is 16.0 Å². The number of amides is 2. The Morgan fingerprint density at radius 2 is 2.00 bits per heavy atom. The number of benzene rings is 1. The first-order valence-electron chi connectivity index (χ1n) is 7.23. The summed E-state index contributed by atoms with van der Waals surface area (Å²) in [6, 6.07) is 6.39. The normalized spacial score (nSPS) is 11.2. The Balaban J connectivity index is 2.76. The van der Waals surface area contributed by atoms with Gasteiger partial charge >= 0.3 is 12.1 Å². The zero-order valence-corrected chi connectivity index (χ0v) is 12.8. The largest absolute Gasteiger partial charge is 0.471 e. The summed E-state index contributed by atoms with van der Waals surface area (Å²) in [7, 11) is 0. The third-order valence-electron chi connectivity index (χ3n) is 3.10. The molecule has 0 atom stereocenters. The Hall–Kier alpha value is -2.09. The van der Waals surface area contributed by atoms with E-state index in [1.807, 2.05) is 0 Å². The van der Waals surface area contributed by atoms with Crippen LogP contribution < -0.4 is 11.1 Å². The molecular formula is C15H20F3N3O2. The number of hydrogen-bond acceptors (Lipinski definition) is 3. The van der Waals surface area contributed by atoms with Crippen molar-refractivity contribution in [3.8, 4) is 0 Å². The summed E-state index contributed by atoms with van der Waals surface area (Å²) in [5.41, 5.74) is 6.29. The van der Waals surface area contributed by atoms with Gasteiger partial charge in [0.1, 0.15) is 0 Å². The minimum Gasteiger partial charge on any atom is -0.331 e. The lowest BCUT2D eigenvalue weighted by Crippen LogP contribution is -2.40. The summed E-state index contributed by atoms with van der Waals surface area (Å²) < 4.78 is 37.5. The molecule has 0 aliphatic rings. The first kappa shape index (κ1) is 19.0. The molecule has 0 saturated carbocycles. The predicted molar refractivity (Wildman–Crippen MR) is 80.5 cm³/mol. The summed E-state index contributed by atoms with van der Waals surface area (Å²) in [5, 5.41) is 2.65. The smallest absolute Gasteiger partial charge is 0.331 e. The standard InChI is InChI=1S/C15H20F3N3O2/c1-2-21(14(23)15(16,17)18)10-11-5-3-6-12(9-11)20-13(22)7-4-8-19/h3,5-6,9H,2,4,7-8,10,19H2,1H3,(H,20,22). The van der Waals surface area contributed by atoms with E-state index in [1.54, 1.807) is 24.3 Å². The topological polar surface area (TPSA) is 75.4 Å². The van der Waals surface area contributed by atoms with E-state index in [9.17, 15) is 22.8 Å². The Morgan fingerprint density at radius 3 is 2.57 bits per heavy atom. The van der Waals surface area contributed by atoms with Crippen molar-refractivity contribution in [2.75, 3.05) is 18.4 Å². The van der Waals surface area contributed by atoms with Gasteiger partial charge in [-0.1, -0.05) is 12.1 Å². The van der Waals surface area contributed by atoms with E-state index in [0.717, 1.165) is 0 Å². The molecule has 0 aromatic heterocycles. The lowest BCUT2D eigenvalue weighted by Gasteiger charge is -2.22. The van der Waals surface area contributed by atoms with Crippen molar-refractivity contribution in [3.05, 3.63) is 29.8 Å². The molecule has 0 saturated heterocycles. The molecular weight excluding hydrogens is 311 g/mol. The maximum absolute atomic E-state index is 12.5. The first-order chi connectivity index (χ1) is 10.8. The molecule has 0 bridgehead atoms. The summed E-state index contributed by atoms with van der Waals surface area (Å²) in [4.78, 5) is 23.6. The number of anilines is 1. The van der Waals surface area contributed by atoms with Crippen LogP contribution in [0.25, 0.3) is 0 Å². The molecule has 0 heterocycles. The highest BCUT2D eigenvalue weighted by molar-refractivity contribution is 5.90. The van der Waals surface area contributed by atoms with Crippen LogP contribution in [-0.4, -0.2) is 36.0 Å². The lowest BCUT2D eigenvalue weighted by molar-refractivity contribution is -0.185. The number of alkyl halides is 3. The molecule has 0 unspecified atom stereocenters. The number of carbonyl (C=O) groups excluding carboxylic acids is 2. The summed E-state index contributed by atoms with van der Waals surface area (Å²) in [6.45, 7) is 1.63. The van der Waals surface area contributed by atoms with Crippen LogP contribution in [0.1, 0.15) is 25.3 Å². The van der Waals surface area contributed by atoms with E-state index in [2.05, 4.69) is 5.32 Å². The van der Waals surface area contributed by atoms with Gasteiger partial charge in [-0.2, -0.15) is 13.2 Å². The molecule has 0 fully saturated rings. The number of nitrogens with two attached hydrogens (primary N) is 1. The number of carbonyl (C=O) groups is 2. The molecule has 2 amide bonds. The molecule has 1 rings (SSSR count). The van der Waals surface area contributed by atoms with Crippen LogP contribution in [0.2, 0.25) is 0 Å². The van der Waals surface area contributed by atoms with Crippen LogP contribution in [-0.2, 0) is 16.1 Å². The van der Waals surface area contributed by atoms with E-state index < -0.39 is 12.1 Å². The fourth-order valence-electron chi connectivity index (χ4n) is 1.96. The molecule has 0 aliphatic carbocycles. The third kappa shape index (κ3) is 6.27. The van der Waals surface area contributed by atoms with Gasteiger partial charge in [0.25, 0.3) is 0 Å². The Labute approximate surface area is 132 Å². The maximum Gasteiger partial charge on any atom is 0.471 e. The Kier molecular flexibility index (Phi) is 7.02. The van der Waals surface area contributed by atoms with Gasteiger partial charge in [0.05, 0.1) is 0 Å². The van der Waals surface area contributed by atoms with Crippen LogP contribution >= 0.6 is 0 Å². The number of hydrogen-bond donors (Lipinski definition) is 2. The second-order valence-corrected chi connectivity index (χ2v) is 4.96. The highest BCUT2D eigenvalue weighted by atomic mass is 19.4. The Bertz CT molecular complexity index is 547. The molecule has 1 aromatic rings. The van der Waals surface area contributed by atoms with Crippen LogP contribution in [0, 0.1) is 0 Å². The van der Waals surface area contributed by atoms with E-state index in [0.29, 0.717) is 29.1 Å². The van der Waals surface area contributed by atoms with Gasteiger partial charge in [0.2, 0.25) is 5.91 Å². The zero-order chi connectivity index (χ0) is 17.5. The van der Waals surface area contributed by atoms with Gasteiger partial charge in [-0.15, -0.1) is 0 Å².